The van der Waals surface area contributed by atoms with Gasteiger partial charge in [0.25, 0.3) is 0 Å². The molecule has 0 radical (unpaired) electrons. The Morgan fingerprint density at radius 3 is 2.64 bits per heavy atom. The quantitative estimate of drug-likeness (QED) is 0.479. The molecule has 1 amide bonds. The van der Waals surface area contributed by atoms with Gasteiger partial charge in [-0.05, 0) is 6.92 Å². The van der Waals surface area contributed by atoms with Crippen molar-refractivity contribution in [1.29, 1.82) is 0 Å². The average Bonchev–Trinajstić information content (AvgIpc) is 1.98. The lowest BCUT2D eigenvalue weighted by Gasteiger charge is -2.17. The number of hydrogen-bond donors (Lipinski definition) is 0. The SMILES string of the molecule is CC(=O)N(C)C(C)C#CCBr. The van der Waals surface area contributed by atoms with E-state index >= 15 is 0 Å². The molecule has 62 valence electrons. The van der Waals surface area contributed by atoms with Gasteiger partial charge >= 0.3 is 0 Å². The number of carbonyl (C=O) groups excluding carboxylic acids is 1. The molecule has 1 unspecified atom stereocenters. The molecule has 0 bridgehead atoms. The molecule has 0 N–H and O–H groups in total. The van der Waals surface area contributed by atoms with Gasteiger partial charge in [-0.3, -0.25) is 4.79 Å². The molecule has 0 aliphatic carbocycles. The Morgan fingerprint density at radius 1 is 1.73 bits per heavy atom. The van der Waals surface area contributed by atoms with Crippen LogP contribution in [-0.2, 0) is 4.79 Å². The van der Waals surface area contributed by atoms with Gasteiger partial charge in [-0.1, -0.05) is 27.8 Å². The fourth-order valence-corrected chi connectivity index (χ4v) is 0.718. The molecule has 0 aromatic rings. The maximum atomic E-state index is 10.8. The van der Waals surface area contributed by atoms with Crippen LogP contribution in [0.25, 0.3) is 0 Å². The highest BCUT2D eigenvalue weighted by Crippen LogP contribution is 1.93. The molecule has 3 heteroatoms. The van der Waals surface area contributed by atoms with Crippen molar-refractivity contribution < 1.29 is 4.79 Å². The fraction of sp³-hybridized carbons (Fsp3) is 0.625. The van der Waals surface area contributed by atoms with Crippen molar-refractivity contribution in [1.82, 2.24) is 4.90 Å². The second kappa shape index (κ2) is 5.20. The number of rotatable bonds is 1. The van der Waals surface area contributed by atoms with Crippen LogP contribution in [0.4, 0.5) is 0 Å². The summed E-state index contributed by atoms with van der Waals surface area (Å²) in [6.07, 6.45) is 0. The van der Waals surface area contributed by atoms with Crippen molar-refractivity contribution in [2.24, 2.45) is 0 Å². The van der Waals surface area contributed by atoms with Crippen LogP contribution >= 0.6 is 15.9 Å². The molecular formula is C8H12BrNO. The van der Waals surface area contributed by atoms with Gasteiger partial charge in [0.05, 0.1) is 11.4 Å². The van der Waals surface area contributed by atoms with E-state index in [1.165, 1.54) is 6.92 Å². The van der Waals surface area contributed by atoms with Crippen LogP contribution < -0.4 is 0 Å². The third kappa shape index (κ3) is 4.05. The smallest absolute Gasteiger partial charge is 0.220 e. The molecule has 2 nitrogen and oxygen atoms in total. The molecule has 0 aliphatic rings. The molecule has 0 aromatic carbocycles. The number of alkyl halides is 1. The summed E-state index contributed by atoms with van der Waals surface area (Å²) in [6.45, 7) is 3.43. The first-order valence-corrected chi connectivity index (χ1v) is 4.49. The van der Waals surface area contributed by atoms with E-state index in [1.807, 2.05) is 6.92 Å². The molecule has 0 rings (SSSR count). The van der Waals surface area contributed by atoms with E-state index < -0.39 is 0 Å². The summed E-state index contributed by atoms with van der Waals surface area (Å²) in [6, 6.07) is 0.00468. The van der Waals surface area contributed by atoms with Crippen molar-refractivity contribution in [3.63, 3.8) is 0 Å². The topological polar surface area (TPSA) is 20.3 Å². The summed E-state index contributed by atoms with van der Waals surface area (Å²) < 4.78 is 0. The highest BCUT2D eigenvalue weighted by molar-refractivity contribution is 9.09. The maximum Gasteiger partial charge on any atom is 0.220 e. The van der Waals surface area contributed by atoms with Crippen molar-refractivity contribution in [3.8, 4) is 11.8 Å². The first-order valence-electron chi connectivity index (χ1n) is 3.37. The molecule has 0 saturated carbocycles. The van der Waals surface area contributed by atoms with Crippen molar-refractivity contribution >= 4 is 21.8 Å². The second-order valence-corrected chi connectivity index (χ2v) is 2.82. The van der Waals surface area contributed by atoms with E-state index in [-0.39, 0.29) is 11.9 Å². The Bertz CT molecular complexity index is 192. The fourth-order valence-electron chi connectivity index (χ4n) is 0.556. The maximum absolute atomic E-state index is 10.8. The van der Waals surface area contributed by atoms with E-state index in [2.05, 4.69) is 27.8 Å². The summed E-state index contributed by atoms with van der Waals surface area (Å²) in [7, 11) is 1.75. The third-order valence-electron chi connectivity index (χ3n) is 1.46. The van der Waals surface area contributed by atoms with Crippen LogP contribution in [0, 0.1) is 11.8 Å². The minimum atomic E-state index is 0.00468. The van der Waals surface area contributed by atoms with Gasteiger partial charge in [0.15, 0.2) is 0 Å². The monoisotopic (exact) mass is 217 g/mol. The largest absolute Gasteiger partial charge is 0.332 e. The lowest BCUT2D eigenvalue weighted by atomic mass is 10.3. The molecule has 0 aromatic heterocycles. The Balaban J connectivity index is 4.02. The molecule has 0 heterocycles. The van der Waals surface area contributed by atoms with E-state index in [0.717, 1.165) is 0 Å². The molecule has 1 atom stereocenters. The van der Waals surface area contributed by atoms with E-state index in [9.17, 15) is 4.79 Å². The van der Waals surface area contributed by atoms with Gasteiger partial charge in [-0.2, -0.15) is 0 Å². The summed E-state index contributed by atoms with van der Waals surface area (Å²) in [4.78, 5) is 12.4. The highest BCUT2D eigenvalue weighted by atomic mass is 79.9. The van der Waals surface area contributed by atoms with Gasteiger partial charge in [-0.25, -0.2) is 0 Å². The standard InChI is InChI=1S/C8H12BrNO/c1-7(5-4-6-9)10(3)8(2)11/h7H,6H2,1-3H3. The van der Waals surface area contributed by atoms with Crippen molar-refractivity contribution in [2.75, 3.05) is 12.4 Å². The summed E-state index contributed by atoms with van der Waals surface area (Å²) >= 11 is 3.19. The zero-order valence-corrected chi connectivity index (χ0v) is 8.60. The third-order valence-corrected chi connectivity index (χ3v) is 1.74. The summed E-state index contributed by atoms with van der Waals surface area (Å²) in [5, 5.41) is 0.656. The zero-order valence-electron chi connectivity index (χ0n) is 7.02. The van der Waals surface area contributed by atoms with E-state index in [0.29, 0.717) is 5.33 Å². The van der Waals surface area contributed by atoms with Gasteiger partial charge in [-0.15, -0.1) is 0 Å². The second-order valence-electron chi connectivity index (χ2n) is 2.26. The first-order chi connectivity index (χ1) is 5.09. The first kappa shape index (κ1) is 10.5. The molecule has 0 saturated heterocycles. The van der Waals surface area contributed by atoms with Gasteiger partial charge in [0.1, 0.15) is 0 Å². The minimum absolute atomic E-state index is 0.00468. The molecule has 0 fully saturated rings. The minimum Gasteiger partial charge on any atom is -0.332 e. The van der Waals surface area contributed by atoms with Crippen LogP contribution in [0.5, 0.6) is 0 Å². The van der Waals surface area contributed by atoms with E-state index in [4.69, 9.17) is 0 Å². The van der Waals surface area contributed by atoms with Crippen LogP contribution in [0.15, 0.2) is 0 Å². The van der Waals surface area contributed by atoms with Gasteiger partial charge in [0.2, 0.25) is 5.91 Å². The number of carbonyl (C=O) groups is 1. The lowest BCUT2D eigenvalue weighted by molar-refractivity contribution is -0.128. The number of nitrogens with zero attached hydrogens (tertiary/aromatic N) is 1. The van der Waals surface area contributed by atoms with Gasteiger partial charge < -0.3 is 4.90 Å². The number of hydrogen-bond acceptors (Lipinski definition) is 1. The van der Waals surface area contributed by atoms with E-state index in [1.54, 1.807) is 11.9 Å². The average molecular weight is 218 g/mol. The van der Waals surface area contributed by atoms with Crippen LogP contribution in [0.2, 0.25) is 0 Å². The van der Waals surface area contributed by atoms with Crippen molar-refractivity contribution in [2.45, 2.75) is 19.9 Å². The predicted octanol–water partition coefficient (Wildman–Crippen LogP) is 1.25. The zero-order chi connectivity index (χ0) is 8.85. The van der Waals surface area contributed by atoms with Gasteiger partial charge in [0, 0.05) is 14.0 Å². The highest BCUT2D eigenvalue weighted by Gasteiger charge is 2.07. The summed E-state index contributed by atoms with van der Waals surface area (Å²) in [5.74, 6) is 5.82. The number of halogens is 1. The van der Waals surface area contributed by atoms with Crippen LogP contribution in [0.3, 0.4) is 0 Å². The van der Waals surface area contributed by atoms with Crippen LogP contribution in [0.1, 0.15) is 13.8 Å². The molecule has 11 heavy (non-hydrogen) atoms. The van der Waals surface area contributed by atoms with Crippen molar-refractivity contribution in [3.05, 3.63) is 0 Å². The Labute approximate surface area is 76.1 Å². The lowest BCUT2D eigenvalue weighted by Crippen LogP contribution is -2.31. The number of amides is 1. The molecule has 0 aliphatic heterocycles. The molecular weight excluding hydrogens is 206 g/mol. The Kier molecular flexibility index (Phi) is 4.97. The molecule has 0 spiro atoms. The normalized spacial score (nSPS) is 11.3. The Hall–Kier alpha value is -0.490. The Morgan fingerprint density at radius 2 is 2.27 bits per heavy atom. The predicted molar refractivity (Wildman–Crippen MR) is 49.5 cm³/mol. The van der Waals surface area contributed by atoms with Crippen LogP contribution in [-0.4, -0.2) is 29.2 Å². The summed E-state index contributed by atoms with van der Waals surface area (Å²) in [5.41, 5.74) is 0.